The number of anilines is 1. The third-order valence-corrected chi connectivity index (χ3v) is 8.41. The van der Waals surface area contributed by atoms with Crippen molar-refractivity contribution in [2.75, 3.05) is 24.5 Å². The summed E-state index contributed by atoms with van der Waals surface area (Å²) in [6, 6.07) is 15.5. The molecule has 0 aliphatic carbocycles. The van der Waals surface area contributed by atoms with Crippen LogP contribution in [0, 0.1) is 0 Å². The van der Waals surface area contributed by atoms with Gasteiger partial charge in [0.15, 0.2) is 0 Å². The number of rotatable bonds is 6. The van der Waals surface area contributed by atoms with E-state index in [9.17, 15) is 18.0 Å². The van der Waals surface area contributed by atoms with Gasteiger partial charge in [-0.25, -0.2) is 13.1 Å². The number of carbonyl (C=O) groups excluding carboxylic acids is 2. The predicted molar refractivity (Wildman–Crippen MR) is 124 cm³/mol. The number of sulfonamides is 1. The van der Waals surface area contributed by atoms with Gasteiger partial charge in [-0.05, 0) is 43.0 Å². The first-order valence-electron chi connectivity index (χ1n) is 11.4. The van der Waals surface area contributed by atoms with E-state index in [1.807, 2.05) is 23.1 Å². The molecule has 2 aromatic carbocycles. The van der Waals surface area contributed by atoms with Crippen LogP contribution in [0.5, 0.6) is 0 Å². The Bertz CT molecular complexity index is 1150. The molecule has 2 N–H and O–H groups in total. The highest BCUT2D eigenvalue weighted by Gasteiger charge is 2.44. The zero-order chi connectivity index (χ0) is 23.0. The molecule has 2 fully saturated rings. The highest BCUT2D eigenvalue weighted by molar-refractivity contribution is 7.89. The van der Waals surface area contributed by atoms with Crippen LogP contribution in [0.15, 0.2) is 59.5 Å². The molecular weight excluding hydrogens is 440 g/mol. The third-order valence-electron chi connectivity index (χ3n) is 6.88. The van der Waals surface area contributed by atoms with Gasteiger partial charge in [0.2, 0.25) is 21.8 Å². The lowest BCUT2D eigenvalue weighted by molar-refractivity contribution is -0.129. The zero-order valence-corrected chi connectivity index (χ0v) is 19.1. The van der Waals surface area contributed by atoms with Gasteiger partial charge < -0.3 is 10.2 Å². The molecule has 0 spiro atoms. The van der Waals surface area contributed by atoms with Crippen LogP contribution >= 0.6 is 0 Å². The highest BCUT2D eigenvalue weighted by Crippen LogP contribution is 2.30. The lowest BCUT2D eigenvalue weighted by Gasteiger charge is -2.37. The number of amides is 2. The first-order valence-corrected chi connectivity index (χ1v) is 12.9. The van der Waals surface area contributed by atoms with E-state index in [0.29, 0.717) is 38.9 Å². The molecule has 0 radical (unpaired) electrons. The molecule has 33 heavy (non-hydrogen) atoms. The largest absolute Gasteiger partial charge is 0.353 e. The molecule has 174 valence electrons. The van der Waals surface area contributed by atoms with Crippen molar-refractivity contribution in [3.05, 3.63) is 60.2 Å². The molecule has 3 aliphatic rings. The summed E-state index contributed by atoms with van der Waals surface area (Å²) in [4.78, 5) is 29.6. The van der Waals surface area contributed by atoms with E-state index in [4.69, 9.17) is 0 Å². The van der Waals surface area contributed by atoms with Crippen LogP contribution in [0.25, 0.3) is 0 Å². The molecule has 0 bridgehead atoms. The smallest absolute Gasteiger partial charge is 0.240 e. The van der Waals surface area contributed by atoms with Crippen molar-refractivity contribution in [3.63, 3.8) is 0 Å². The number of hydrogen-bond donors (Lipinski definition) is 2. The minimum Gasteiger partial charge on any atom is -0.353 e. The summed E-state index contributed by atoms with van der Waals surface area (Å²) < 4.78 is 28.2. The summed E-state index contributed by atoms with van der Waals surface area (Å²) in [6.45, 7) is 1.63. The van der Waals surface area contributed by atoms with E-state index < -0.39 is 10.0 Å². The second-order valence-electron chi connectivity index (χ2n) is 8.94. The molecule has 0 saturated carbocycles. The standard InChI is InChI=1S/C24H28N4O4S/c29-23(27-13-12-17-6-4-5-9-21(17)27)11-10-19-15-25-24(30)22-14-18(16-28(19)22)26-33(31,32)20-7-2-1-3-8-20/h1-9,18-19,22,26H,10-16H2,(H,25,30). The van der Waals surface area contributed by atoms with Gasteiger partial charge in [0.25, 0.3) is 0 Å². The quantitative estimate of drug-likeness (QED) is 0.666. The number of nitrogens with zero attached hydrogens (tertiary/aromatic N) is 2. The van der Waals surface area contributed by atoms with E-state index in [-0.39, 0.29) is 34.8 Å². The average molecular weight is 469 g/mol. The second-order valence-corrected chi connectivity index (χ2v) is 10.7. The van der Waals surface area contributed by atoms with Gasteiger partial charge in [-0.3, -0.25) is 14.5 Å². The van der Waals surface area contributed by atoms with Gasteiger partial charge in [0.1, 0.15) is 0 Å². The maximum absolute atomic E-state index is 12.9. The summed E-state index contributed by atoms with van der Waals surface area (Å²) in [6.07, 6.45) is 2.30. The fourth-order valence-corrected chi connectivity index (χ4v) is 6.50. The summed E-state index contributed by atoms with van der Waals surface area (Å²) in [5.74, 6) is 0.0152. The van der Waals surface area contributed by atoms with Gasteiger partial charge in [-0.2, -0.15) is 0 Å². The summed E-state index contributed by atoms with van der Waals surface area (Å²) >= 11 is 0. The van der Waals surface area contributed by atoms with E-state index in [1.54, 1.807) is 30.3 Å². The zero-order valence-electron chi connectivity index (χ0n) is 18.3. The summed E-state index contributed by atoms with van der Waals surface area (Å²) in [7, 11) is -3.66. The monoisotopic (exact) mass is 468 g/mol. The van der Waals surface area contributed by atoms with Gasteiger partial charge in [-0.1, -0.05) is 36.4 Å². The molecule has 3 aliphatic heterocycles. The van der Waals surface area contributed by atoms with Crippen LogP contribution < -0.4 is 14.9 Å². The summed E-state index contributed by atoms with van der Waals surface area (Å²) in [5, 5.41) is 2.94. The number of carbonyl (C=O) groups is 2. The normalized spacial score (nSPS) is 24.9. The van der Waals surface area contributed by atoms with Crippen LogP contribution in [-0.4, -0.2) is 62.9 Å². The number of piperazine rings is 1. The van der Waals surface area contributed by atoms with E-state index in [2.05, 4.69) is 21.0 Å². The summed E-state index contributed by atoms with van der Waals surface area (Å²) in [5.41, 5.74) is 2.19. The van der Waals surface area contributed by atoms with Crippen molar-refractivity contribution in [2.45, 2.75) is 48.7 Å². The fourth-order valence-electron chi connectivity index (χ4n) is 5.24. The average Bonchev–Trinajstić information content (AvgIpc) is 3.44. The Balaban J connectivity index is 1.22. The second kappa shape index (κ2) is 8.89. The van der Waals surface area contributed by atoms with Crippen LogP contribution in [0.2, 0.25) is 0 Å². The van der Waals surface area contributed by atoms with Crippen LogP contribution in [0.3, 0.4) is 0 Å². The van der Waals surface area contributed by atoms with Crippen molar-refractivity contribution in [1.82, 2.24) is 14.9 Å². The van der Waals surface area contributed by atoms with Gasteiger partial charge in [-0.15, -0.1) is 0 Å². The molecule has 2 amide bonds. The van der Waals surface area contributed by atoms with Crippen molar-refractivity contribution in [2.24, 2.45) is 0 Å². The van der Waals surface area contributed by atoms with Crippen molar-refractivity contribution in [1.29, 1.82) is 0 Å². The fraction of sp³-hybridized carbons (Fsp3) is 0.417. The molecule has 2 aromatic rings. The molecule has 9 heteroatoms. The Morgan fingerprint density at radius 2 is 1.85 bits per heavy atom. The van der Waals surface area contributed by atoms with E-state index in [1.165, 1.54) is 5.56 Å². The Hall–Kier alpha value is -2.75. The van der Waals surface area contributed by atoms with Gasteiger partial charge >= 0.3 is 0 Å². The highest BCUT2D eigenvalue weighted by atomic mass is 32.2. The predicted octanol–water partition coefficient (Wildman–Crippen LogP) is 1.28. The first-order chi connectivity index (χ1) is 15.9. The lowest BCUT2D eigenvalue weighted by Crippen LogP contribution is -2.58. The SMILES string of the molecule is O=C1NCC(CCC(=O)N2CCc3ccccc32)N2CC(NS(=O)(=O)c3ccccc3)CC12. The molecule has 3 unspecified atom stereocenters. The number of benzene rings is 2. The molecular formula is C24H28N4O4S. The van der Waals surface area contributed by atoms with Crippen molar-refractivity contribution in [3.8, 4) is 0 Å². The lowest BCUT2D eigenvalue weighted by atomic mass is 10.0. The minimum absolute atomic E-state index is 0.000672. The molecule has 0 aromatic heterocycles. The Labute approximate surface area is 194 Å². The maximum Gasteiger partial charge on any atom is 0.240 e. The third kappa shape index (κ3) is 4.40. The van der Waals surface area contributed by atoms with Crippen molar-refractivity contribution >= 4 is 27.5 Å². The van der Waals surface area contributed by atoms with Gasteiger partial charge in [0, 0.05) is 43.8 Å². The van der Waals surface area contributed by atoms with Crippen LogP contribution in [0.1, 0.15) is 24.8 Å². The molecule has 2 saturated heterocycles. The van der Waals surface area contributed by atoms with E-state index >= 15 is 0 Å². The number of hydrogen-bond acceptors (Lipinski definition) is 5. The topological polar surface area (TPSA) is 98.8 Å². The maximum atomic E-state index is 12.9. The van der Waals surface area contributed by atoms with E-state index in [0.717, 1.165) is 12.1 Å². The minimum atomic E-state index is -3.66. The molecule has 5 rings (SSSR count). The number of fused-ring (bicyclic) bond motifs is 2. The van der Waals surface area contributed by atoms with Gasteiger partial charge in [0.05, 0.1) is 10.9 Å². The molecule has 3 heterocycles. The van der Waals surface area contributed by atoms with Crippen molar-refractivity contribution < 1.29 is 18.0 Å². The Kier molecular flexibility index (Phi) is 5.94. The number of nitrogens with one attached hydrogen (secondary N) is 2. The Morgan fingerprint density at radius 1 is 1.09 bits per heavy atom. The molecule has 3 atom stereocenters. The first kappa shape index (κ1) is 22.1. The molecule has 8 nitrogen and oxygen atoms in total. The van der Waals surface area contributed by atoms with Crippen LogP contribution in [-0.2, 0) is 26.0 Å². The van der Waals surface area contributed by atoms with Crippen LogP contribution in [0.4, 0.5) is 5.69 Å². The number of para-hydroxylation sites is 1. The Morgan fingerprint density at radius 3 is 2.67 bits per heavy atom.